The SMILES string of the molecule is CC(=O)NCC(=O)N1CC[C@H](c2cc(COc3ccc(F)cc3)[nH]n2)C1. The van der Waals surface area contributed by atoms with E-state index in [-0.39, 0.29) is 30.1 Å². The minimum absolute atomic E-state index is 0.0272. The number of halogens is 1. The summed E-state index contributed by atoms with van der Waals surface area (Å²) in [5.74, 6) is 0.135. The molecule has 2 aromatic rings. The van der Waals surface area contributed by atoms with Crippen LogP contribution in [0.25, 0.3) is 0 Å². The Labute approximate surface area is 150 Å². The van der Waals surface area contributed by atoms with Gasteiger partial charge in [0, 0.05) is 25.9 Å². The number of nitrogens with one attached hydrogen (secondary N) is 2. The first-order chi connectivity index (χ1) is 12.5. The number of rotatable bonds is 6. The molecule has 138 valence electrons. The second-order valence-corrected chi connectivity index (χ2v) is 6.30. The Morgan fingerprint density at radius 3 is 2.88 bits per heavy atom. The molecule has 0 aliphatic carbocycles. The number of likely N-dealkylation sites (tertiary alicyclic amines) is 1. The Morgan fingerprint density at radius 2 is 2.15 bits per heavy atom. The standard InChI is InChI=1S/C18H21FN4O3/c1-12(24)20-9-18(25)23-7-6-13(10-23)17-8-15(21-22-17)11-26-16-4-2-14(19)3-5-16/h2-5,8,13H,6-7,9-11H2,1H3,(H,20,24)(H,21,22)/t13-/m0/s1. The molecule has 1 fully saturated rings. The Bertz CT molecular complexity index is 775. The molecule has 26 heavy (non-hydrogen) atoms. The van der Waals surface area contributed by atoms with E-state index in [1.54, 1.807) is 17.0 Å². The van der Waals surface area contributed by atoms with Crippen LogP contribution in [0.5, 0.6) is 5.75 Å². The number of carbonyl (C=O) groups excluding carboxylic acids is 2. The van der Waals surface area contributed by atoms with Crippen molar-refractivity contribution < 1.29 is 18.7 Å². The van der Waals surface area contributed by atoms with Gasteiger partial charge in [-0.15, -0.1) is 0 Å². The van der Waals surface area contributed by atoms with Crippen molar-refractivity contribution in [1.82, 2.24) is 20.4 Å². The average molecular weight is 360 g/mol. The number of nitrogens with zero attached hydrogens (tertiary/aromatic N) is 2. The number of aromatic nitrogens is 2. The summed E-state index contributed by atoms with van der Waals surface area (Å²) in [6.07, 6.45) is 0.828. The van der Waals surface area contributed by atoms with E-state index in [0.29, 0.717) is 25.4 Å². The summed E-state index contributed by atoms with van der Waals surface area (Å²) < 4.78 is 18.5. The van der Waals surface area contributed by atoms with E-state index in [0.717, 1.165) is 17.8 Å². The fraction of sp³-hybridized carbons (Fsp3) is 0.389. The smallest absolute Gasteiger partial charge is 0.241 e. The third-order valence-corrected chi connectivity index (χ3v) is 4.31. The Kier molecular flexibility index (Phi) is 5.50. The van der Waals surface area contributed by atoms with E-state index in [1.165, 1.54) is 19.1 Å². The third kappa shape index (κ3) is 4.59. The molecule has 1 saturated heterocycles. The highest BCUT2D eigenvalue weighted by atomic mass is 19.1. The molecule has 3 rings (SSSR count). The van der Waals surface area contributed by atoms with Crippen LogP contribution in [-0.4, -0.2) is 46.5 Å². The van der Waals surface area contributed by atoms with Crippen LogP contribution in [-0.2, 0) is 16.2 Å². The van der Waals surface area contributed by atoms with Gasteiger partial charge in [0.15, 0.2) is 0 Å². The molecule has 1 aliphatic heterocycles. The van der Waals surface area contributed by atoms with E-state index < -0.39 is 0 Å². The second-order valence-electron chi connectivity index (χ2n) is 6.30. The van der Waals surface area contributed by atoms with Crippen molar-refractivity contribution >= 4 is 11.8 Å². The third-order valence-electron chi connectivity index (χ3n) is 4.31. The molecule has 1 atom stereocenters. The first-order valence-corrected chi connectivity index (χ1v) is 8.46. The first kappa shape index (κ1) is 17.9. The molecule has 2 amide bonds. The van der Waals surface area contributed by atoms with Gasteiger partial charge in [-0.1, -0.05) is 0 Å². The normalized spacial score (nSPS) is 16.5. The van der Waals surface area contributed by atoms with Gasteiger partial charge in [-0.3, -0.25) is 14.7 Å². The number of hydrogen-bond acceptors (Lipinski definition) is 4. The predicted molar refractivity (Wildman–Crippen MR) is 91.9 cm³/mol. The molecule has 0 saturated carbocycles. The van der Waals surface area contributed by atoms with Gasteiger partial charge in [0.1, 0.15) is 18.2 Å². The number of ether oxygens (including phenoxy) is 1. The Balaban J connectivity index is 1.51. The van der Waals surface area contributed by atoms with Gasteiger partial charge < -0.3 is 15.0 Å². The number of H-pyrrole nitrogens is 1. The van der Waals surface area contributed by atoms with Crippen LogP contribution in [0.1, 0.15) is 30.7 Å². The quantitative estimate of drug-likeness (QED) is 0.819. The summed E-state index contributed by atoms with van der Waals surface area (Å²) in [7, 11) is 0. The van der Waals surface area contributed by atoms with Crippen molar-refractivity contribution in [3.8, 4) is 5.75 Å². The molecule has 0 radical (unpaired) electrons. The summed E-state index contributed by atoms with van der Waals surface area (Å²) >= 11 is 0. The molecule has 1 aromatic heterocycles. The molecule has 0 unspecified atom stereocenters. The van der Waals surface area contributed by atoms with Crippen LogP contribution in [0.15, 0.2) is 30.3 Å². The molecule has 1 aliphatic rings. The molecule has 0 spiro atoms. The fourth-order valence-corrected chi connectivity index (χ4v) is 2.89. The molecule has 0 bridgehead atoms. The zero-order chi connectivity index (χ0) is 18.5. The van der Waals surface area contributed by atoms with Crippen molar-refractivity contribution in [3.63, 3.8) is 0 Å². The van der Waals surface area contributed by atoms with Crippen molar-refractivity contribution in [1.29, 1.82) is 0 Å². The van der Waals surface area contributed by atoms with Gasteiger partial charge in [0.25, 0.3) is 0 Å². The maximum Gasteiger partial charge on any atom is 0.241 e. The number of aromatic amines is 1. The van der Waals surface area contributed by atoms with Crippen molar-refractivity contribution in [2.75, 3.05) is 19.6 Å². The minimum atomic E-state index is -0.306. The van der Waals surface area contributed by atoms with Crippen LogP contribution in [0.4, 0.5) is 4.39 Å². The van der Waals surface area contributed by atoms with Crippen LogP contribution in [0.2, 0.25) is 0 Å². The zero-order valence-corrected chi connectivity index (χ0v) is 14.5. The summed E-state index contributed by atoms with van der Waals surface area (Å²) in [6, 6.07) is 7.76. The number of amides is 2. The molecule has 1 aromatic carbocycles. The summed E-state index contributed by atoms with van der Waals surface area (Å²) in [5, 5.41) is 9.78. The lowest BCUT2D eigenvalue weighted by Crippen LogP contribution is -2.38. The van der Waals surface area contributed by atoms with E-state index in [2.05, 4.69) is 15.5 Å². The predicted octanol–water partition coefficient (Wildman–Crippen LogP) is 1.58. The van der Waals surface area contributed by atoms with Gasteiger partial charge in [-0.05, 0) is 36.8 Å². The average Bonchev–Trinajstić information content (AvgIpc) is 3.28. The lowest BCUT2D eigenvalue weighted by atomic mass is 10.1. The van der Waals surface area contributed by atoms with Crippen LogP contribution in [0, 0.1) is 5.82 Å². The van der Waals surface area contributed by atoms with Gasteiger partial charge in [-0.2, -0.15) is 5.10 Å². The molecule has 8 heteroatoms. The van der Waals surface area contributed by atoms with E-state index >= 15 is 0 Å². The Morgan fingerprint density at radius 1 is 1.38 bits per heavy atom. The first-order valence-electron chi connectivity index (χ1n) is 8.46. The van der Waals surface area contributed by atoms with Crippen LogP contribution in [0.3, 0.4) is 0 Å². The second kappa shape index (κ2) is 7.99. The maximum atomic E-state index is 12.9. The molecule has 2 N–H and O–H groups in total. The van der Waals surface area contributed by atoms with E-state index in [9.17, 15) is 14.0 Å². The van der Waals surface area contributed by atoms with Crippen molar-refractivity contribution in [2.45, 2.75) is 25.9 Å². The summed E-state index contributed by atoms with van der Waals surface area (Å²) in [5.41, 5.74) is 1.70. The molecule has 7 nitrogen and oxygen atoms in total. The van der Waals surface area contributed by atoms with Crippen LogP contribution >= 0.6 is 0 Å². The van der Waals surface area contributed by atoms with Gasteiger partial charge in [-0.25, -0.2) is 4.39 Å². The van der Waals surface area contributed by atoms with Gasteiger partial charge in [0.05, 0.1) is 17.9 Å². The zero-order valence-electron chi connectivity index (χ0n) is 14.5. The van der Waals surface area contributed by atoms with Crippen LogP contribution < -0.4 is 10.1 Å². The van der Waals surface area contributed by atoms with Crippen molar-refractivity contribution in [2.24, 2.45) is 0 Å². The molecular weight excluding hydrogens is 339 g/mol. The summed E-state index contributed by atoms with van der Waals surface area (Å²) in [6.45, 7) is 2.95. The highest BCUT2D eigenvalue weighted by Crippen LogP contribution is 2.26. The topological polar surface area (TPSA) is 87.3 Å². The van der Waals surface area contributed by atoms with E-state index in [1.807, 2.05) is 6.07 Å². The summed E-state index contributed by atoms with van der Waals surface area (Å²) in [4.78, 5) is 24.7. The lowest BCUT2D eigenvalue weighted by molar-refractivity contribution is -0.131. The van der Waals surface area contributed by atoms with E-state index in [4.69, 9.17) is 4.74 Å². The largest absolute Gasteiger partial charge is 0.487 e. The monoisotopic (exact) mass is 360 g/mol. The fourth-order valence-electron chi connectivity index (χ4n) is 2.89. The maximum absolute atomic E-state index is 12.9. The van der Waals surface area contributed by atoms with Gasteiger partial charge in [0.2, 0.25) is 11.8 Å². The van der Waals surface area contributed by atoms with Gasteiger partial charge >= 0.3 is 0 Å². The highest BCUT2D eigenvalue weighted by Gasteiger charge is 2.28. The Hall–Kier alpha value is -2.90. The molecule has 2 heterocycles. The van der Waals surface area contributed by atoms with Crippen molar-refractivity contribution in [3.05, 3.63) is 47.5 Å². The lowest BCUT2D eigenvalue weighted by Gasteiger charge is -2.16. The highest BCUT2D eigenvalue weighted by molar-refractivity contribution is 5.83. The number of benzene rings is 1. The number of hydrogen-bond donors (Lipinski definition) is 2. The minimum Gasteiger partial charge on any atom is -0.487 e. The molecular formula is C18H21FN4O3. The number of carbonyl (C=O) groups is 2.